The van der Waals surface area contributed by atoms with Crippen molar-refractivity contribution in [3.63, 3.8) is 0 Å². The highest BCUT2D eigenvalue weighted by molar-refractivity contribution is 6.08. The predicted octanol–water partition coefficient (Wildman–Crippen LogP) is 4.26. The van der Waals surface area contributed by atoms with Crippen molar-refractivity contribution in [2.24, 2.45) is 0 Å². The van der Waals surface area contributed by atoms with Crippen molar-refractivity contribution in [2.45, 2.75) is 46.4 Å². The number of carbonyl (C=O) groups excluding carboxylic acids is 1. The van der Waals surface area contributed by atoms with E-state index < -0.39 is 6.10 Å². The molecule has 29 heavy (non-hydrogen) atoms. The van der Waals surface area contributed by atoms with Crippen molar-refractivity contribution in [3.05, 3.63) is 65.4 Å². The Kier molecular flexibility index (Phi) is 6.72. The molecule has 0 amide bonds. The fourth-order valence-corrected chi connectivity index (χ4v) is 3.83. The van der Waals surface area contributed by atoms with E-state index in [1.807, 2.05) is 43.3 Å². The van der Waals surface area contributed by atoms with Crippen LogP contribution in [0.1, 0.15) is 48.4 Å². The second-order valence-corrected chi connectivity index (χ2v) is 7.45. The van der Waals surface area contributed by atoms with E-state index in [0.29, 0.717) is 12.3 Å². The number of carbonyl (C=O) groups is 1. The Morgan fingerprint density at radius 1 is 1.21 bits per heavy atom. The lowest BCUT2D eigenvalue weighted by Gasteiger charge is -2.18. The predicted molar refractivity (Wildman–Crippen MR) is 117 cm³/mol. The van der Waals surface area contributed by atoms with Gasteiger partial charge in [0.1, 0.15) is 18.5 Å². The van der Waals surface area contributed by atoms with Crippen LogP contribution in [-0.4, -0.2) is 34.7 Å². The van der Waals surface area contributed by atoms with E-state index in [1.54, 1.807) is 6.92 Å². The summed E-state index contributed by atoms with van der Waals surface area (Å²) in [6.45, 7) is 9.13. The first-order valence-corrected chi connectivity index (χ1v) is 10.1. The summed E-state index contributed by atoms with van der Waals surface area (Å²) in [6.07, 6.45) is -0.633. The molecule has 1 heterocycles. The molecule has 0 radical (unpaired) electrons. The van der Waals surface area contributed by atoms with Gasteiger partial charge in [0.15, 0.2) is 5.78 Å². The lowest BCUT2D eigenvalue weighted by molar-refractivity contribution is 0.101. The van der Waals surface area contributed by atoms with Crippen LogP contribution < -0.4 is 10.1 Å². The third-order valence-electron chi connectivity index (χ3n) is 5.36. The Morgan fingerprint density at radius 2 is 1.93 bits per heavy atom. The number of hydrogen-bond acceptors (Lipinski definition) is 4. The fourth-order valence-electron chi connectivity index (χ4n) is 3.83. The number of aliphatic hydroxyl groups excluding tert-OH is 1. The maximum Gasteiger partial charge on any atom is 0.162 e. The molecular formula is C24H30N2O3. The van der Waals surface area contributed by atoms with E-state index in [0.717, 1.165) is 28.7 Å². The van der Waals surface area contributed by atoms with Gasteiger partial charge in [-0.1, -0.05) is 30.3 Å². The Balaban J connectivity index is 1.64. The highest BCUT2D eigenvalue weighted by Crippen LogP contribution is 2.30. The van der Waals surface area contributed by atoms with E-state index in [1.165, 1.54) is 5.56 Å². The van der Waals surface area contributed by atoms with E-state index >= 15 is 0 Å². The summed E-state index contributed by atoms with van der Waals surface area (Å²) in [6, 6.07) is 16.1. The molecule has 0 fully saturated rings. The molecule has 0 saturated heterocycles. The van der Waals surface area contributed by atoms with Crippen LogP contribution in [0.25, 0.3) is 10.9 Å². The molecule has 154 valence electrons. The summed E-state index contributed by atoms with van der Waals surface area (Å²) in [5.74, 6) is 0.708. The zero-order valence-corrected chi connectivity index (χ0v) is 17.6. The van der Waals surface area contributed by atoms with E-state index in [-0.39, 0.29) is 18.4 Å². The molecule has 2 unspecified atom stereocenters. The monoisotopic (exact) mass is 394 g/mol. The molecule has 0 aliphatic carbocycles. The van der Waals surface area contributed by atoms with E-state index in [4.69, 9.17) is 4.74 Å². The topological polar surface area (TPSA) is 63.5 Å². The maximum absolute atomic E-state index is 12.2. The quantitative estimate of drug-likeness (QED) is 0.532. The molecule has 0 bridgehead atoms. The number of nitrogens with zero attached hydrogens (tertiary/aromatic N) is 1. The summed E-state index contributed by atoms with van der Waals surface area (Å²) in [7, 11) is 0. The fraction of sp³-hybridized carbons (Fsp3) is 0.375. The summed E-state index contributed by atoms with van der Waals surface area (Å²) >= 11 is 0. The van der Waals surface area contributed by atoms with Crippen LogP contribution in [0.3, 0.4) is 0 Å². The molecule has 2 N–H and O–H groups in total. The molecule has 5 nitrogen and oxygen atoms in total. The van der Waals surface area contributed by atoms with E-state index in [9.17, 15) is 9.90 Å². The Hall–Kier alpha value is -2.63. The molecule has 3 rings (SSSR count). The standard InChI is InChI=1S/C24H30N2O3/c1-5-26-17(3)24(18(4)27)22-13-21(11-12-23(22)26)29-15-20(28)14-25-16(2)19-9-7-6-8-10-19/h6-13,16,20,25,28H,5,14-15H2,1-4H3. The first-order chi connectivity index (χ1) is 13.9. The smallest absolute Gasteiger partial charge is 0.162 e. The first kappa shape index (κ1) is 21.1. The Labute approximate surface area is 172 Å². The number of aryl methyl sites for hydroxylation is 1. The molecule has 0 aliphatic heterocycles. The normalized spacial score (nSPS) is 13.4. The van der Waals surface area contributed by atoms with Gasteiger partial charge in [-0.2, -0.15) is 0 Å². The van der Waals surface area contributed by atoms with Crippen LogP contribution in [0.15, 0.2) is 48.5 Å². The number of aliphatic hydroxyl groups is 1. The highest BCUT2D eigenvalue weighted by Gasteiger charge is 2.17. The summed E-state index contributed by atoms with van der Waals surface area (Å²) in [4.78, 5) is 12.2. The average molecular weight is 395 g/mol. The van der Waals surface area contributed by atoms with Crippen molar-refractivity contribution in [1.29, 1.82) is 0 Å². The van der Waals surface area contributed by atoms with Crippen molar-refractivity contribution in [3.8, 4) is 5.75 Å². The number of fused-ring (bicyclic) bond motifs is 1. The van der Waals surface area contributed by atoms with Gasteiger partial charge in [-0.15, -0.1) is 0 Å². The lowest BCUT2D eigenvalue weighted by Crippen LogP contribution is -2.33. The molecule has 5 heteroatoms. The van der Waals surface area contributed by atoms with Gasteiger partial charge in [-0.05, 0) is 51.5 Å². The van der Waals surface area contributed by atoms with Gasteiger partial charge < -0.3 is 19.7 Å². The third kappa shape index (κ3) is 4.69. The molecule has 2 aromatic carbocycles. The lowest BCUT2D eigenvalue weighted by atomic mass is 10.1. The number of ether oxygens (including phenoxy) is 1. The van der Waals surface area contributed by atoms with Crippen LogP contribution in [0.2, 0.25) is 0 Å². The van der Waals surface area contributed by atoms with Crippen LogP contribution in [0.5, 0.6) is 5.75 Å². The number of hydrogen-bond donors (Lipinski definition) is 2. The number of Topliss-reactive ketones (excluding diaryl/α,β-unsaturated/α-hetero) is 1. The second kappa shape index (κ2) is 9.25. The number of nitrogens with one attached hydrogen (secondary N) is 1. The van der Waals surface area contributed by atoms with Gasteiger partial charge in [0.05, 0.1) is 0 Å². The SMILES string of the molecule is CCn1c(C)c(C(C)=O)c2cc(OCC(O)CNC(C)c3ccccc3)ccc21. The van der Waals surface area contributed by atoms with Crippen molar-refractivity contribution >= 4 is 16.7 Å². The molecule has 1 aromatic heterocycles. The van der Waals surface area contributed by atoms with E-state index in [2.05, 4.69) is 35.9 Å². The summed E-state index contributed by atoms with van der Waals surface area (Å²) in [5.41, 5.74) is 3.93. The van der Waals surface area contributed by atoms with Gasteiger partial charge >= 0.3 is 0 Å². The van der Waals surface area contributed by atoms with Crippen molar-refractivity contribution < 1.29 is 14.6 Å². The number of rotatable bonds is 9. The first-order valence-electron chi connectivity index (χ1n) is 10.1. The van der Waals surface area contributed by atoms with Crippen LogP contribution >= 0.6 is 0 Å². The maximum atomic E-state index is 12.2. The van der Waals surface area contributed by atoms with Gasteiger partial charge in [-0.3, -0.25) is 4.79 Å². The zero-order chi connectivity index (χ0) is 21.0. The molecule has 0 saturated carbocycles. The van der Waals surface area contributed by atoms with Gasteiger partial charge in [0, 0.05) is 41.3 Å². The number of ketones is 1. The Bertz CT molecular complexity index is 979. The van der Waals surface area contributed by atoms with Gasteiger partial charge in [-0.25, -0.2) is 0 Å². The molecule has 0 aliphatic rings. The van der Waals surface area contributed by atoms with Crippen LogP contribution in [-0.2, 0) is 6.54 Å². The second-order valence-electron chi connectivity index (χ2n) is 7.45. The van der Waals surface area contributed by atoms with Gasteiger partial charge in [0.25, 0.3) is 0 Å². The zero-order valence-electron chi connectivity index (χ0n) is 17.6. The number of benzene rings is 2. The minimum atomic E-state index is -0.633. The minimum Gasteiger partial charge on any atom is -0.491 e. The molecular weight excluding hydrogens is 364 g/mol. The van der Waals surface area contributed by atoms with Crippen molar-refractivity contribution in [1.82, 2.24) is 9.88 Å². The highest BCUT2D eigenvalue weighted by atomic mass is 16.5. The molecule has 0 spiro atoms. The summed E-state index contributed by atoms with van der Waals surface area (Å²) < 4.78 is 7.96. The van der Waals surface area contributed by atoms with Crippen molar-refractivity contribution in [2.75, 3.05) is 13.2 Å². The van der Waals surface area contributed by atoms with Gasteiger partial charge in [0.2, 0.25) is 0 Å². The van der Waals surface area contributed by atoms with Crippen LogP contribution in [0, 0.1) is 6.92 Å². The average Bonchev–Trinajstić information content (AvgIpc) is 3.01. The number of aromatic nitrogens is 1. The minimum absolute atomic E-state index is 0.0518. The molecule has 3 aromatic rings. The molecule has 2 atom stereocenters. The third-order valence-corrected chi connectivity index (χ3v) is 5.36. The Morgan fingerprint density at radius 3 is 2.59 bits per heavy atom. The van der Waals surface area contributed by atoms with Crippen LogP contribution in [0.4, 0.5) is 0 Å². The summed E-state index contributed by atoms with van der Waals surface area (Å²) in [5, 5.41) is 14.5. The largest absolute Gasteiger partial charge is 0.491 e.